The molecule has 2 aromatic carbocycles. The first-order valence-electron chi connectivity index (χ1n) is 7.40. The molecule has 0 spiro atoms. The number of unbranched alkanes of at least 4 members (excludes halogenated alkanes) is 1. The van der Waals surface area contributed by atoms with Crippen molar-refractivity contribution in [3.05, 3.63) is 59.9 Å². The van der Waals surface area contributed by atoms with E-state index in [4.69, 9.17) is 4.74 Å². The fourth-order valence-corrected chi connectivity index (χ4v) is 3.26. The number of aryl methyl sites for hydroxylation is 1. The normalized spacial score (nSPS) is 11.4. The summed E-state index contributed by atoms with van der Waals surface area (Å²) in [6.45, 7) is 0.322. The van der Waals surface area contributed by atoms with E-state index in [2.05, 4.69) is 4.72 Å². The van der Waals surface area contributed by atoms with E-state index in [-0.39, 0.29) is 10.7 Å². The molecule has 0 radical (unpaired) electrons. The second kappa shape index (κ2) is 8.08. The molecular formula is C17H20FNO3S. The maximum absolute atomic E-state index is 13.4. The Morgan fingerprint density at radius 3 is 2.39 bits per heavy atom. The molecule has 0 atom stereocenters. The zero-order valence-electron chi connectivity index (χ0n) is 13.0. The highest BCUT2D eigenvalue weighted by atomic mass is 32.2. The molecule has 0 aromatic heterocycles. The molecule has 0 bridgehead atoms. The molecule has 0 aliphatic heterocycles. The van der Waals surface area contributed by atoms with Crippen molar-refractivity contribution in [2.75, 3.05) is 13.7 Å². The van der Waals surface area contributed by atoms with Crippen LogP contribution < -0.4 is 9.46 Å². The highest BCUT2D eigenvalue weighted by Gasteiger charge is 2.13. The Labute approximate surface area is 136 Å². The maximum Gasteiger partial charge on any atom is 0.240 e. The van der Waals surface area contributed by atoms with Gasteiger partial charge in [-0.25, -0.2) is 17.5 Å². The smallest absolute Gasteiger partial charge is 0.240 e. The van der Waals surface area contributed by atoms with Crippen LogP contribution in [0.25, 0.3) is 0 Å². The number of sulfonamides is 1. The number of hydrogen-bond donors (Lipinski definition) is 1. The van der Waals surface area contributed by atoms with Crippen LogP contribution in [0.15, 0.2) is 53.4 Å². The van der Waals surface area contributed by atoms with Gasteiger partial charge >= 0.3 is 0 Å². The van der Waals surface area contributed by atoms with Gasteiger partial charge < -0.3 is 4.74 Å². The average molecular weight is 337 g/mol. The summed E-state index contributed by atoms with van der Waals surface area (Å²) >= 11 is 0. The summed E-state index contributed by atoms with van der Waals surface area (Å²) in [5.74, 6) is 0.389. The van der Waals surface area contributed by atoms with Crippen LogP contribution in [-0.4, -0.2) is 22.1 Å². The lowest BCUT2D eigenvalue weighted by molar-refractivity contribution is 0.414. The lowest BCUT2D eigenvalue weighted by atomic mass is 10.1. The molecule has 0 aliphatic carbocycles. The van der Waals surface area contributed by atoms with Crippen molar-refractivity contribution in [3.63, 3.8) is 0 Å². The van der Waals surface area contributed by atoms with Crippen LogP contribution in [0.3, 0.4) is 0 Å². The van der Waals surface area contributed by atoms with Crippen LogP contribution in [0.2, 0.25) is 0 Å². The average Bonchev–Trinajstić information content (AvgIpc) is 2.56. The largest absolute Gasteiger partial charge is 0.497 e. The molecule has 0 aliphatic rings. The van der Waals surface area contributed by atoms with Gasteiger partial charge in [-0.2, -0.15) is 0 Å². The van der Waals surface area contributed by atoms with Gasteiger partial charge in [-0.1, -0.05) is 18.2 Å². The quantitative estimate of drug-likeness (QED) is 0.753. The van der Waals surface area contributed by atoms with Crippen molar-refractivity contribution in [3.8, 4) is 5.75 Å². The molecule has 0 unspecified atom stereocenters. The predicted octanol–water partition coefficient (Wildman–Crippen LogP) is 3.14. The third kappa shape index (κ3) is 5.04. The highest BCUT2D eigenvalue weighted by molar-refractivity contribution is 7.89. The second-order valence-corrected chi connectivity index (χ2v) is 6.89. The Morgan fingerprint density at radius 1 is 1.04 bits per heavy atom. The second-order valence-electron chi connectivity index (χ2n) is 5.12. The van der Waals surface area contributed by atoms with Gasteiger partial charge in [0.2, 0.25) is 10.0 Å². The molecule has 0 fully saturated rings. The third-order valence-corrected chi connectivity index (χ3v) is 4.97. The van der Waals surface area contributed by atoms with Crippen LogP contribution in [0, 0.1) is 5.82 Å². The Bertz CT molecular complexity index is 730. The fourth-order valence-electron chi connectivity index (χ4n) is 2.19. The number of ether oxygens (including phenoxy) is 1. The van der Waals surface area contributed by atoms with E-state index in [1.165, 1.54) is 25.3 Å². The number of hydrogen-bond acceptors (Lipinski definition) is 3. The van der Waals surface area contributed by atoms with Crippen LogP contribution in [0.4, 0.5) is 4.39 Å². The fraction of sp³-hybridized carbons (Fsp3) is 0.294. The minimum Gasteiger partial charge on any atom is -0.497 e. The molecule has 1 N–H and O–H groups in total. The molecule has 0 heterocycles. The number of nitrogens with one attached hydrogen (secondary N) is 1. The van der Waals surface area contributed by atoms with E-state index in [9.17, 15) is 12.8 Å². The van der Waals surface area contributed by atoms with Gasteiger partial charge in [-0.3, -0.25) is 0 Å². The van der Waals surface area contributed by atoms with Gasteiger partial charge in [-0.05, 0) is 55.2 Å². The lowest BCUT2D eigenvalue weighted by Crippen LogP contribution is -2.24. The zero-order chi connectivity index (χ0) is 16.7. The van der Waals surface area contributed by atoms with Crippen molar-refractivity contribution >= 4 is 10.0 Å². The van der Waals surface area contributed by atoms with E-state index in [0.717, 1.165) is 0 Å². The van der Waals surface area contributed by atoms with Crippen molar-refractivity contribution < 1.29 is 17.5 Å². The zero-order valence-corrected chi connectivity index (χ0v) is 13.8. The van der Waals surface area contributed by atoms with E-state index in [1.807, 2.05) is 0 Å². The van der Waals surface area contributed by atoms with E-state index >= 15 is 0 Å². The van der Waals surface area contributed by atoms with Crippen LogP contribution in [-0.2, 0) is 16.4 Å². The van der Waals surface area contributed by atoms with Gasteiger partial charge in [0.25, 0.3) is 0 Å². The number of methoxy groups -OCH3 is 1. The molecule has 124 valence electrons. The summed E-state index contributed by atoms with van der Waals surface area (Å²) in [6, 6.07) is 12.8. The van der Waals surface area contributed by atoms with E-state index in [1.54, 1.807) is 30.3 Å². The van der Waals surface area contributed by atoms with E-state index in [0.29, 0.717) is 37.1 Å². The topological polar surface area (TPSA) is 55.4 Å². The van der Waals surface area contributed by atoms with Gasteiger partial charge in [0.15, 0.2) is 0 Å². The standard InChI is InChI=1S/C17H20FNO3S/c1-22-15-9-11-16(12-10-15)23(20,21)19-13-5-4-7-14-6-2-3-8-17(14)18/h2-3,6,8-12,19H,4-5,7,13H2,1H3. The molecular weight excluding hydrogens is 317 g/mol. The molecule has 0 saturated heterocycles. The Balaban J connectivity index is 1.79. The Hall–Kier alpha value is -1.92. The van der Waals surface area contributed by atoms with Crippen LogP contribution in [0.5, 0.6) is 5.75 Å². The minimum atomic E-state index is -3.52. The molecule has 2 aromatic rings. The van der Waals surface area contributed by atoms with E-state index < -0.39 is 10.0 Å². The first-order chi connectivity index (χ1) is 11.0. The molecule has 23 heavy (non-hydrogen) atoms. The van der Waals surface area contributed by atoms with Gasteiger partial charge in [0.1, 0.15) is 11.6 Å². The van der Waals surface area contributed by atoms with Gasteiger partial charge in [0, 0.05) is 6.54 Å². The Morgan fingerprint density at radius 2 is 1.74 bits per heavy atom. The summed E-state index contributed by atoms with van der Waals surface area (Å²) in [4.78, 5) is 0.201. The lowest BCUT2D eigenvalue weighted by Gasteiger charge is -2.08. The van der Waals surface area contributed by atoms with Crippen LogP contribution >= 0.6 is 0 Å². The summed E-state index contributed by atoms with van der Waals surface area (Å²) in [6.07, 6.45) is 1.95. The molecule has 4 nitrogen and oxygen atoms in total. The summed E-state index contributed by atoms with van der Waals surface area (Å²) in [5.41, 5.74) is 0.658. The van der Waals surface area contributed by atoms with Crippen LogP contribution in [0.1, 0.15) is 18.4 Å². The SMILES string of the molecule is COc1ccc(S(=O)(=O)NCCCCc2ccccc2F)cc1. The molecule has 2 rings (SSSR count). The van der Waals surface area contributed by atoms with Gasteiger partial charge in [0.05, 0.1) is 12.0 Å². The van der Waals surface area contributed by atoms with Crippen molar-refractivity contribution in [1.29, 1.82) is 0 Å². The third-order valence-electron chi connectivity index (χ3n) is 3.49. The van der Waals surface area contributed by atoms with Gasteiger partial charge in [-0.15, -0.1) is 0 Å². The number of benzene rings is 2. The first-order valence-corrected chi connectivity index (χ1v) is 8.88. The van der Waals surface area contributed by atoms with Crippen molar-refractivity contribution in [2.45, 2.75) is 24.2 Å². The highest BCUT2D eigenvalue weighted by Crippen LogP contribution is 2.15. The molecule has 6 heteroatoms. The number of rotatable bonds is 8. The Kier molecular flexibility index (Phi) is 6.12. The molecule has 0 amide bonds. The molecule has 0 saturated carbocycles. The maximum atomic E-state index is 13.4. The van der Waals surface area contributed by atoms with Crippen molar-refractivity contribution in [1.82, 2.24) is 4.72 Å². The number of halogens is 1. The first kappa shape index (κ1) is 17.4. The summed E-state index contributed by atoms with van der Waals surface area (Å²) in [7, 11) is -1.99. The monoisotopic (exact) mass is 337 g/mol. The summed E-state index contributed by atoms with van der Waals surface area (Å²) < 4.78 is 45.2. The minimum absolute atomic E-state index is 0.201. The van der Waals surface area contributed by atoms with Crippen molar-refractivity contribution in [2.24, 2.45) is 0 Å². The predicted molar refractivity (Wildman–Crippen MR) is 87.5 cm³/mol. The summed E-state index contributed by atoms with van der Waals surface area (Å²) in [5, 5.41) is 0.